The van der Waals surface area contributed by atoms with Crippen molar-refractivity contribution in [1.29, 1.82) is 0 Å². The molecule has 0 spiro atoms. The zero-order valence-corrected chi connectivity index (χ0v) is 32.9. The highest BCUT2D eigenvalue weighted by atomic mass is 16.7. The fraction of sp³-hybridized carbons (Fsp3) is 0.750. The van der Waals surface area contributed by atoms with Crippen LogP contribution < -0.4 is 0 Å². The number of hydrogen-bond acceptors (Lipinski definition) is 11. The van der Waals surface area contributed by atoms with Crippen molar-refractivity contribution in [2.75, 3.05) is 27.7 Å². The van der Waals surface area contributed by atoms with Gasteiger partial charge >= 0.3 is 12.1 Å². The predicted molar refractivity (Wildman–Crippen MR) is 196 cm³/mol. The predicted octanol–water partition coefficient (Wildman–Crippen LogP) is 4.69. The van der Waals surface area contributed by atoms with Gasteiger partial charge in [0.25, 0.3) is 0 Å². The zero-order chi connectivity index (χ0) is 38.3. The first-order chi connectivity index (χ1) is 24.5. The van der Waals surface area contributed by atoms with Crippen LogP contribution in [-0.2, 0) is 39.7 Å². The number of ketones is 1. The first kappa shape index (κ1) is 40.3. The lowest BCUT2D eigenvalue weighted by Crippen LogP contribution is -2.60. The number of nitrogens with zero attached hydrogens (tertiary/aromatic N) is 3. The van der Waals surface area contributed by atoms with Crippen molar-refractivity contribution >= 4 is 23.6 Å². The first-order valence-electron chi connectivity index (χ1n) is 19.0. The van der Waals surface area contributed by atoms with E-state index in [0.29, 0.717) is 32.2 Å². The summed E-state index contributed by atoms with van der Waals surface area (Å²) in [6, 6.07) is 8.96. The summed E-state index contributed by atoms with van der Waals surface area (Å²) in [6.45, 7) is 15.4. The van der Waals surface area contributed by atoms with Gasteiger partial charge in [0.05, 0.1) is 36.4 Å². The number of aliphatic imine (C=N–C) groups is 1. The molecule has 4 aliphatic rings. The third-order valence-electron chi connectivity index (χ3n) is 12.3. The number of ether oxygens (including phenoxy) is 5. The molecule has 0 unspecified atom stereocenters. The van der Waals surface area contributed by atoms with Gasteiger partial charge in [0.2, 0.25) is 0 Å². The largest absolute Gasteiger partial charge is 0.458 e. The maximum atomic E-state index is 14.3. The molecule has 1 aromatic carbocycles. The van der Waals surface area contributed by atoms with E-state index in [1.807, 2.05) is 81.9 Å². The molecular weight excluding hydrogens is 666 g/mol. The zero-order valence-electron chi connectivity index (χ0n) is 32.9. The molecule has 1 aromatic rings. The van der Waals surface area contributed by atoms with Crippen LogP contribution in [0.5, 0.6) is 0 Å². The number of aliphatic hydroxyl groups is 1. The molecule has 4 aliphatic heterocycles. The number of fused-ring (bicyclic) bond motifs is 1. The third kappa shape index (κ3) is 7.56. The Morgan fingerprint density at radius 3 is 2.33 bits per heavy atom. The fourth-order valence-electron chi connectivity index (χ4n) is 9.44. The Balaban J connectivity index is 1.61. The quantitative estimate of drug-likeness (QED) is 0.311. The SMILES string of the molecule is CC[C@H]1OC(=O)[C@H](C)C(=O)[C@H](C)[C@@H](O[C@@H]2O[C@H](C)C[C@H](N(C)C)[C@H]2O)[C@@](C)(OC)C[C@@H](C)C2=NC[C@@H](Cc3ccccc3)N3C(=O)O[C@@]1(C)[C@H]3[C@@H]2C. The van der Waals surface area contributed by atoms with E-state index in [0.717, 1.165) is 11.3 Å². The highest BCUT2D eigenvalue weighted by Gasteiger charge is 2.62. The number of hydrogen-bond donors (Lipinski definition) is 1. The van der Waals surface area contributed by atoms with E-state index in [1.165, 1.54) is 0 Å². The van der Waals surface area contributed by atoms with E-state index in [-0.39, 0.29) is 35.8 Å². The number of Topliss-reactive ketones (excluding diaryl/α,β-unsaturated/α-hetero) is 1. The van der Waals surface area contributed by atoms with Gasteiger partial charge in [0, 0.05) is 30.7 Å². The van der Waals surface area contributed by atoms with Crippen LogP contribution in [0.1, 0.15) is 80.2 Å². The second-order valence-corrected chi connectivity index (χ2v) is 16.3. The van der Waals surface area contributed by atoms with E-state index in [4.69, 9.17) is 28.7 Å². The number of methoxy groups -OCH3 is 1. The molecule has 52 heavy (non-hydrogen) atoms. The summed E-state index contributed by atoms with van der Waals surface area (Å²) in [5.74, 6) is -3.59. The standard InChI is InChI=1S/C40H61N3O9/c1-12-30-40(8)34-24(4)31(41-21-28(43(34)38(47)52-40)19-27-16-14-13-15-17-27)22(2)20-39(7,48-11)35(25(5)32(44)26(6)36(46)50-30)51-37-33(45)29(42(9)10)18-23(3)49-37/h13-17,22-26,28-30,33-35,37,45H,12,18-21H2,1-11H3/t22-,23-,24-,25+,26-,28-,29+,30-,33-,34-,35-,37+,39+,40-/m1/s1. The summed E-state index contributed by atoms with van der Waals surface area (Å²) in [6.07, 6.45) is -2.53. The number of likely N-dealkylation sites (N-methyl/N-ethyl adjacent to an activating group) is 1. The lowest BCUT2D eigenvalue weighted by molar-refractivity contribution is -0.295. The van der Waals surface area contributed by atoms with Crippen molar-refractivity contribution in [3.8, 4) is 0 Å². The lowest BCUT2D eigenvalue weighted by Gasteiger charge is -2.47. The molecule has 0 aliphatic carbocycles. The van der Waals surface area contributed by atoms with Crippen LogP contribution in [0.4, 0.5) is 4.79 Å². The number of esters is 1. The molecule has 0 saturated carbocycles. The first-order valence-corrected chi connectivity index (χ1v) is 19.0. The Morgan fingerprint density at radius 2 is 1.71 bits per heavy atom. The van der Waals surface area contributed by atoms with Crippen molar-refractivity contribution in [3.63, 3.8) is 0 Å². The Morgan fingerprint density at radius 1 is 1.04 bits per heavy atom. The summed E-state index contributed by atoms with van der Waals surface area (Å²) in [7, 11) is 5.40. The summed E-state index contributed by atoms with van der Waals surface area (Å²) < 4.78 is 31.7. The minimum Gasteiger partial charge on any atom is -0.458 e. The highest BCUT2D eigenvalue weighted by Crippen LogP contribution is 2.45. The third-order valence-corrected chi connectivity index (χ3v) is 12.3. The topological polar surface area (TPSA) is 136 Å². The van der Waals surface area contributed by atoms with Gasteiger partial charge in [-0.3, -0.25) is 19.5 Å². The molecule has 12 heteroatoms. The molecule has 14 atom stereocenters. The smallest absolute Gasteiger partial charge is 0.411 e. The Labute approximate surface area is 309 Å². The summed E-state index contributed by atoms with van der Waals surface area (Å²) >= 11 is 0. The average molecular weight is 728 g/mol. The van der Waals surface area contributed by atoms with Gasteiger partial charge in [0.1, 0.15) is 18.1 Å². The van der Waals surface area contributed by atoms with Gasteiger partial charge in [-0.15, -0.1) is 0 Å². The number of amides is 1. The molecular formula is C40H61N3O9. The average Bonchev–Trinajstić information content (AvgIpc) is 3.28. The molecule has 12 nitrogen and oxygen atoms in total. The van der Waals surface area contributed by atoms with Crippen molar-refractivity contribution in [1.82, 2.24) is 9.80 Å². The van der Waals surface area contributed by atoms with Gasteiger partial charge in [0.15, 0.2) is 17.7 Å². The van der Waals surface area contributed by atoms with Crippen LogP contribution >= 0.6 is 0 Å². The number of carbonyl (C=O) groups excluding carboxylic acids is 3. The molecule has 1 amide bonds. The molecule has 2 bridgehead atoms. The van der Waals surface area contributed by atoms with Gasteiger partial charge in [-0.25, -0.2) is 4.79 Å². The van der Waals surface area contributed by atoms with Crippen LogP contribution in [0.25, 0.3) is 0 Å². The van der Waals surface area contributed by atoms with E-state index in [9.17, 15) is 19.5 Å². The number of aliphatic hydroxyl groups excluding tert-OH is 1. The van der Waals surface area contributed by atoms with Crippen LogP contribution in [0.2, 0.25) is 0 Å². The number of rotatable bonds is 7. The molecule has 5 rings (SSSR count). The van der Waals surface area contributed by atoms with Crippen LogP contribution in [0, 0.1) is 23.7 Å². The summed E-state index contributed by atoms with van der Waals surface area (Å²) in [5.41, 5.74) is -0.363. The number of carbonyl (C=O) groups is 3. The Hall–Kier alpha value is -2.90. The van der Waals surface area contributed by atoms with Gasteiger partial charge < -0.3 is 33.7 Å². The molecule has 3 fully saturated rings. The van der Waals surface area contributed by atoms with Crippen molar-refractivity contribution in [2.45, 2.75) is 141 Å². The Bertz CT molecular complexity index is 1470. The van der Waals surface area contributed by atoms with Crippen LogP contribution in [-0.4, -0.2) is 126 Å². The normalized spacial score (nSPS) is 41.9. The maximum absolute atomic E-state index is 14.3. The van der Waals surface area contributed by atoms with Gasteiger partial charge in [-0.2, -0.15) is 0 Å². The van der Waals surface area contributed by atoms with E-state index >= 15 is 0 Å². The molecule has 290 valence electrons. The van der Waals surface area contributed by atoms with Gasteiger partial charge in [-0.05, 0) is 79.0 Å². The Kier molecular flexibility index (Phi) is 12.3. The summed E-state index contributed by atoms with van der Waals surface area (Å²) in [4.78, 5) is 51.3. The fourth-order valence-corrected chi connectivity index (χ4v) is 9.44. The molecule has 3 saturated heterocycles. The van der Waals surface area contributed by atoms with E-state index in [2.05, 4.69) is 13.8 Å². The van der Waals surface area contributed by atoms with Crippen molar-refractivity contribution in [3.05, 3.63) is 35.9 Å². The maximum Gasteiger partial charge on any atom is 0.411 e. The van der Waals surface area contributed by atoms with Crippen molar-refractivity contribution in [2.24, 2.45) is 28.7 Å². The minimum atomic E-state index is -1.22. The van der Waals surface area contributed by atoms with Crippen LogP contribution in [0.3, 0.4) is 0 Å². The monoisotopic (exact) mass is 727 g/mol. The molecule has 0 radical (unpaired) electrons. The molecule has 0 aromatic heterocycles. The lowest BCUT2D eigenvalue weighted by atomic mass is 9.73. The van der Waals surface area contributed by atoms with Crippen molar-refractivity contribution < 1.29 is 43.2 Å². The second kappa shape index (κ2) is 15.8. The highest BCUT2D eigenvalue weighted by molar-refractivity contribution is 6.00. The number of cyclic esters (lactones) is 1. The minimum absolute atomic E-state index is 0.195. The van der Waals surface area contributed by atoms with Crippen LogP contribution in [0.15, 0.2) is 35.3 Å². The van der Waals surface area contributed by atoms with E-state index < -0.39 is 65.7 Å². The second-order valence-electron chi connectivity index (χ2n) is 16.3. The van der Waals surface area contributed by atoms with E-state index in [1.54, 1.807) is 21.0 Å². The number of benzene rings is 1. The van der Waals surface area contributed by atoms with Gasteiger partial charge in [-0.1, -0.05) is 58.0 Å². The molecule has 4 heterocycles. The molecule has 1 N–H and O–H groups in total. The summed E-state index contributed by atoms with van der Waals surface area (Å²) in [5, 5.41) is 11.5.